The third-order valence-corrected chi connectivity index (χ3v) is 2.78. The van der Waals surface area contributed by atoms with Gasteiger partial charge in [0, 0.05) is 11.4 Å². The molecule has 110 valence electrons. The largest absolute Gasteiger partial charge is 0.416 e. The lowest BCUT2D eigenvalue weighted by Gasteiger charge is -2.13. The fraction of sp³-hybridized carbons (Fsp3) is 0.0714. The Bertz CT molecular complexity index is 683. The van der Waals surface area contributed by atoms with E-state index in [4.69, 9.17) is 11.5 Å². The zero-order valence-electron chi connectivity index (χ0n) is 10.7. The van der Waals surface area contributed by atoms with Crippen molar-refractivity contribution in [3.8, 4) is 0 Å². The molecule has 0 saturated heterocycles. The summed E-state index contributed by atoms with van der Waals surface area (Å²) in [4.78, 5) is 11.3. The molecule has 0 unspecified atom stereocenters. The van der Waals surface area contributed by atoms with E-state index in [2.05, 4.69) is 5.32 Å². The molecule has 0 radical (unpaired) electrons. The molecule has 0 heterocycles. The van der Waals surface area contributed by atoms with Crippen LogP contribution in [-0.2, 0) is 6.18 Å². The van der Waals surface area contributed by atoms with Gasteiger partial charge in [0.15, 0.2) is 0 Å². The Balaban J connectivity index is 2.42. The van der Waals surface area contributed by atoms with Gasteiger partial charge in [-0.25, -0.2) is 0 Å². The monoisotopic (exact) mass is 295 g/mol. The Labute approximate surface area is 118 Å². The fourth-order valence-corrected chi connectivity index (χ4v) is 1.81. The van der Waals surface area contributed by atoms with Crippen molar-refractivity contribution in [1.82, 2.24) is 0 Å². The number of carbonyl (C=O) groups is 1. The molecular formula is C14H12F3N3O. The van der Waals surface area contributed by atoms with E-state index in [9.17, 15) is 18.0 Å². The van der Waals surface area contributed by atoms with Crippen LogP contribution in [0.3, 0.4) is 0 Å². The van der Waals surface area contributed by atoms with Crippen LogP contribution in [0.4, 0.5) is 30.2 Å². The van der Waals surface area contributed by atoms with Crippen LogP contribution in [0.2, 0.25) is 0 Å². The number of carbonyl (C=O) groups excluding carboxylic acids is 1. The Kier molecular flexibility index (Phi) is 3.75. The second kappa shape index (κ2) is 5.35. The van der Waals surface area contributed by atoms with Crippen LogP contribution in [0.15, 0.2) is 42.5 Å². The summed E-state index contributed by atoms with van der Waals surface area (Å²) in [6.07, 6.45) is -4.54. The van der Waals surface area contributed by atoms with Crippen LogP contribution in [0.25, 0.3) is 0 Å². The predicted molar refractivity (Wildman–Crippen MR) is 74.1 cm³/mol. The SMILES string of the molecule is NC(=O)c1cc(C(F)(F)F)ccc1Nc1cccc(N)c1. The molecule has 7 heteroatoms. The van der Waals surface area contributed by atoms with Crippen molar-refractivity contribution >= 4 is 23.0 Å². The van der Waals surface area contributed by atoms with Gasteiger partial charge in [-0.05, 0) is 36.4 Å². The Hall–Kier alpha value is -2.70. The molecule has 0 saturated carbocycles. The van der Waals surface area contributed by atoms with Crippen molar-refractivity contribution in [3.05, 3.63) is 53.6 Å². The van der Waals surface area contributed by atoms with Gasteiger partial charge in [-0.15, -0.1) is 0 Å². The van der Waals surface area contributed by atoms with Gasteiger partial charge in [-0.1, -0.05) is 6.07 Å². The molecule has 5 N–H and O–H groups in total. The number of anilines is 3. The number of benzene rings is 2. The van der Waals surface area contributed by atoms with Crippen molar-refractivity contribution in [3.63, 3.8) is 0 Å². The summed E-state index contributed by atoms with van der Waals surface area (Å²) in [7, 11) is 0. The third kappa shape index (κ3) is 3.44. The Morgan fingerprint density at radius 1 is 1.10 bits per heavy atom. The van der Waals surface area contributed by atoms with Crippen LogP contribution in [0.1, 0.15) is 15.9 Å². The van der Waals surface area contributed by atoms with E-state index in [1.54, 1.807) is 24.3 Å². The summed E-state index contributed by atoms with van der Waals surface area (Å²) in [6, 6.07) is 9.34. The van der Waals surface area contributed by atoms with Gasteiger partial charge in [-0.3, -0.25) is 4.79 Å². The highest BCUT2D eigenvalue weighted by atomic mass is 19.4. The summed E-state index contributed by atoms with van der Waals surface area (Å²) < 4.78 is 38.0. The molecular weight excluding hydrogens is 283 g/mol. The number of nitrogens with one attached hydrogen (secondary N) is 1. The van der Waals surface area contributed by atoms with E-state index in [0.29, 0.717) is 11.4 Å². The summed E-state index contributed by atoms with van der Waals surface area (Å²) in [5, 5.41) is 2.83. The third-order valence-electron chi connectivity index (χ3n) is 2.78. The molecule has 0 atom stereocenters. The molecule has 0 aliphatic rings. The lowest BCUT2D eigenvalue weighted by atomic mass is 10.1. The number of hydrogen-bond donors (Lipinski definition) is 3. The van der Waals surface area contributed by atoms with Crippen LogP contribution in [0.5, 0.6) is 0 Å². The van der Waals surface area contributed by atoms with E-state index >= 15 is 0 Å². The first-order chi connectivity index (χ1) is 9.77. The van der Waals surface area contributed by atoms with Gasteiger partial charge in [0.25, 0.3) is 5.91 Å². The highest BCUT2D eigenvalue weighted by Gasteiger charge is 2.31. The molecule has 0 fully saturated rings. The number of rotatable bonds is 3. The van der Waals surface area contributed by atoms with E-state index in [1.807, 2.05) is 0 Å². The molecule has 1 amide bonds. The normalized spacial score (nSPS) is 11.2. The maximum Gasteiger partial charge on any atom is 0.416 e. The second-order valence-electron chi connectivity index (χ2n) is 4.37. The Morgan fingerprint density at radius 2 is 1.81 bits per heavy atom. The topological polar surface area (TPSA) is 81.1 Å². The van der Waals surface area contributed by atoms with Crippen LogP contribution in [0, 0.1) is 0 Å². The van der Waals surface area contributed by atoms with Crippen molar-refractivity contribution in [2.24, 2.45) is 5.73 Å². The molecule has 2 aromatic carbocycles. The molecule has 2 aromatic rings. The number of nitrogen functional groups attached to an aromatic ring is 1. The first-order valence-corrected chi connectivity index (χ1v) is 5.91. The van der Waals surface area contributed by atoms with Crippen LogP contribution in [-0.4, -0.2) is 5.91 Å². The molecule has 4 nitrogen and oxygen atoms in total. The molecule has 0 aliphatic heterocycles. The van der Waals surface area contributed by atoms with E-state index in [1.165, 1.54) is 0 Å². The number of alkyl halides is 3. The maximum absolute atomic E-state index is 12.7. The van der Waals surface area contributed by atoms with Crippen LogP contribution >= 0.6 is 0 Å². The zero-order valence-corrected chi connectivity index (χ0v) is 10.7. The zero-order chi connectivity index (χ0) is 15.6. The minimum Gasteiger partial charge on any atom is -0.399 e. The number of primary amides is 1. The van der Waals surface area contributed by atoms with Gasteiger partial charge >= 0.3 is 6.18 Å². The van der Waals surface area contributed by atoms with Crippen LogP contribution < -0.4 is 16.8 Å². The highest BCUT2D eigenvalue weighted by molar-refractivity contribution is 5.99. The van der Waals surface area contributed by atoms with Crippen molar-refractivity contribution in [2.45, 2.75) is 6.18 Å². The molecule has 0 spiro atoms. The minimum absolute atomic E-state index is 0.182. The predicted octanol–water partition coefficient (Wildman–Crippen LogP) is 3.13. The summed E-state index contributed by atoms with van der Waals surface area (Å²) >= 11 is 0. The second-order valence-corrected chi connectivity index (χ2v) is 4.37. The average molecular weight is 295 g/mol. The van der Waals surface area contributed by atoms with Gasteiger partial charge < -0.3 is 16.8 Å². The van der Waals surface area contributed by atoms with Crippen molar-refractivity contribution in [1.29, 1.82) is 0 Å². The fourth-order valence-electron chi connectivity index (χ4n) is 1.81. The first kappa shape index (κ1) is 14.7. The lowest BCUT2D eigenvalue weighted by molar-refractivity contribution is -0.137. The van der Waals surface area contributed by atoms with Gasteiger partial charge in [-0.2, -0.15) is 13.2 Å². The van der Waals surface area contributed by atoms with E-state index in [-0.39, 0.29) is 11.3 Å². The summed E-state index contributed by atoms with van der Waals surface area (Å²) in [5.74, 6) is -0.951. The smallest absolute Gasteiger partial charge is 0.399 e. The van der Waals surface area contributed by atoms with E-state index in [0.717, 1.165) is 18.2 Å². The standard InChI is InChI=1S/C14H12F3N3O/c15-14(16,17)8-4-5-12(11(6-8)13(19)21)20-10-3-1-2-9(18)7-10/h1-7,20H,18H2,(H2,19,21). The lowest BCUT2D eigenvalue weighted by Crippen LogP contribution is -2.15. The molecule has 0 aromatic heterocycles. The molecule has 2 rings (SSSR count). The molecule has 21 heavy (non-hydrogen) atoms. The maximum atomic E-state index is 12.7. The summed E-state index contributed by atoms with van der Waals surface area (Å²) in [6.45, 7) is 0. The Morgan fingerprint density at radius 3 is 2.38 bits per heavy atom. The van der Waals surface area contributed by atoms with E-state index < -0.39 is 17.6 Å². The molecule has 0 bridgehead atoms. The van der Waals surface area contributed by atoms with Gasteiger partial charge in [0.05, 0.1) is 16.8 Å². The molecule has 0 aliphatic carbocycles. The number of amides is 1. The minimum atomic E-state index is -4.54. The first-order valence-electron chi connectivity index (χ1n) is 5.91. The van der Waals surface area contributed by atoms with Crippen molar-refractivity contribution < 1.29 is 18.0 Å². The number of nitrogens with two attached hydrogens (primary N) is 2. The quantitative estimate of drug-likeness (QED) is 0.761. The van der Waals surface area contributed by atoms with Gasteiger partial charge in [0.1, 0.15) is 0 Å². The number of halogens is 3. The number of hydrogen-bond acceptors (Lipinski definition) is 3. The summed E-state index contributed by atoms with van der Waals surface area (Å²) in [5.41, 5.74) is 10.8. The van der Waals surface area contributed by atoms with Gasteiger partial charge in [0.2, 0.25) is 0 Å². The highest BCUT2D eigenvalue weighted by Crippen LogP contribution is 2.32. The van der Waals surface area contributed by atoms with Crippen molar-refractivity contribution in [2.75, 3.05) is 11.1 Å². The average Bonchev–Trinajstić information content (AvgIpc) is 2.37.